The molecule has 0 aliphatic carbocycles. The van der Waals surface area contributed by atoms with Gasteiger partial charge in [0.15, 0.2) is 8.07 Å². The van der Waals surface area contributed by atoms with E-state index in [1.165, 1.54) is 25.6 Å². The number of rotatable bonds is 5. The van der Waals surface area contributed by atoms with Crippen molar-refractivity contribution in [3.63, 3.8) is 0 Å². The first kappa shape index (κ1) is 21.6. The molecule has 1 aromatic heterocycles. The van der Waals surface area contributed by atoms with Crippen molar-refractivity contribution in [1.82, 2.24) is 4.98 Å². The van der Waals surface area contributed by atoms with E-state index in [2.05, 4.69) is 84.9 Å². The molecular weight excluding hydrogens is 531 g/mol. The van der Waals surface area contributed by atoms with E-state index in [1.54, 1.807) is 0 Å². The molecule has 0 saturated carbocycles. The minimum Gasteiger partial charge on any atom is -0.457 e. The van der Waals surface area contributed by atoms with Crippen LogP contribution in [-0.4, -0.2) is 26.7 Å². The van der Waals surface area contributed by atoms with Gasteiger partial charge < -0.3 is 14.5 Å². The lowest BCUT2D eigenvalue weighted by atomic mass is 10.1. The van der Waals surface area contributed by atoms with Crippen molar-refractivity contribution < 1.29 is 8.85 Å². The van der Waals surface area contributed by atoms with E-state index >= 15 is 0 Å². The lowest BCUT2D eigenvalue weighted by molar-refractivity contribution is 0.483. The molecule has 0 bridgehead atoms. The van der Waals surface area contributed by atoms with E-state index in [0.717, 1.165) is 28.4 Å². The number of aromatic nitrogens is 1. The summed E-state index contributed by atoms with van der Waals surface area (Å²) in [6, 6.07) is 47.8. The lowest BCUT2D eigenvalue weighted by Gasteiger charge is -2.31. The minimum absolute atomic E-state index is 0.228. The minimum atomic E-state index is -2.60. The molecule has 5 aromatic carbocycles. The summed E-state index contributed by atoms with van der Waals surface area (Å²) in [6.07, 6.45) is 1.87. The Bertz CT molecular complexity index is 2000. The smallest absolute Gasteiger partial charge is 0.182 e. The molecule has 0 atom stereocenters. The van der Waals surface area contributed by atoms with Crippen LogP contribution in [0.4, 0.5) is 17.1 Å². The van der Waals surface area contributed by atoms with Crippen LogP contribution in [0, 0.1) is 0 Å². The Hall–Kier alpha value is -5.13. The molecule has 8 rings (SSSR count). The van der Waals surface area contributed by atoms with Gasteiger partial charge in [-0.05, 0) is 63.2 Å². The van der Waals surface area contributed by atoms with Gasteiger partial charge >= 0.3 is 0 Å². The van der Waals surface area contributed by atoms with Crippen LogP contribution in [-0.2, 0) is 0 Å². The maximum atomic E-state index is 8.06. The third kappa shape index (κ3) is 3.71. The average molecular weight is 563 g/mol. The summed E-state index contributed by atoms with van der Waals surface area (Å²) in [5.41, 5.74) is 4.51. The van der Waals surface area contributed by atoms with Crippen LogP contribution in [0.2, 0.25) is 0 Å². The first-order chi connectivity index (χ1) is 21.9. The zero-order chi connectivity index (χ0) is 30.6. The number of pyridine rings is 1. The molecule has 3 heterocycles. The van der Waals surface area contributed by atoms with E-state index in [0.29, 0.717) is 11.4 Å². The van der Waals surface area contributed by atoms with Crippen LogP contribution in [0.15, 0.2) is 146 Å². The standard InChI is InChI=1S/C37H29N3OSi/c1-39-26-40(34-19-9-8-18-33(34)39)27-12-10-13-28(24-27)41-29-21-22-35-32(25-29)37-36(20-11-23-38-37)42(35,30-14-4-2-5-15-30)31-16-6-3-7-17-31/h2-25H,26H2,1H3/i1D3. The molecule has 6 aromatic rings. The molecule has 0 saturated heterocycles. The van der Waals surface area contributed by atoms with Crippen molar-refractivity contribution in [1.29, 1.82) is 0 Å². The molecule has 0 amide bonds. The quantitative estimate of drug-likeness (QED) is 0.249. The molecule has 0 unspecified atom stereocenters. The normalized spacial score (nSPS) is 15.7. The fourth-order valence-electron chi connectivity index (χ4n) is 6.63. The Morgan fingerprint density at radius 3 is 2.14 bits per heavy atom. The largest absolute Gasteiger partial charge is 0.457 e. The molecule has 0 spiro atoms. The number of ether oxygens (including phenoxy) is 1. The van der Waals surface area contributed by atoms with Crippen LogP contribution in [0.3, 0.4) is 0 Å². The second-order valence-corrected chi connectivity index (χ2v) is 14.4. The summed E-state index contributed by atoms with van der Waals surface area (Å²) in [6.45, 7) is -2.02. The molecule has 0 fully saturated rings. The van der Waals surface area contributed by atoms with Crippen molar-refractivity contribution in [2.24, 2.45) is 0 Å². The SMILES string of the molecule is [2H]C([2H])([2H])N1CN(c2cccc(Oc3ccc4c(c3)-c3ncccc3[Si]4(c3ccccc3)c3ccccc3)c2)c2ccccc21. The number of anilines is 3. The number of nitrogens with zero attached hydrogens (tertiary/aromatic N) is 3. The molecular formula is C37H29N3OSi. The predicted octanol–water partition coefficient (Wildman–Crippen LogP) is 5.78. The summed E-state index contributed by atoms with van der Waals surface area (Å²) in [5, 5.41) is 5.22. The number of fused-ring (bicyclic) bond motifs is 4. The fourth-order valence-corrected chi connectivity index (χ4v) is 11.7. The third-order valence-corrected chi connectivity index (χ3v) is 13.2. The highest BCUT2D eigenvalue weighted by Gasteiger charge is 2.49. The molecule has 0 radical (unpaired) electrons. The number of benzene rings is 5. The second kappa shape index (κ2) is 9.75. The monoisotopic (exact) mass is 562 g/mol. The van der Waals surface area contributed by atoms with E-state index in [1.807, 2.05) is 65.7 Å². The Morgan fingerprint density at radius 1 is 0.667 bits per heavy atom. The number of hydrogen-bond donors (Lipinski definition) is 0. The van der Waals surface area contributed by atoms with E-state index < -0.39 is 15.0 Å². The summed E-state index contributed by atoms with van der Waals surface area (Å²) in [5.74, 6) is 1.39. The van der Waals surface area contributed by atoms with Gasteiger partial charge in [-0.15, -0.1) is 0 Å². The van der Waals surface area contributed by atoms with Crippen LogP contribution in [0.25, 0.3) is 11.3 Å². The van der Waals surface area contributed by atoms with Gasteiger partial charge in [-0.3, -0.25) is 4.98 Å². The summed E-state index contributed by atoms with van der Waals surface area (Å²) >= 11 is 0. The summed E-state index contributed by atoms with van der Waals surface area (Å²) in [4.78, 5) is 8.40. The molecule has 42 heavy (non-hydrogen) atoms. The Labute approximate surface area is 251 Å². The van der Waals surface area contributed by atoms with Gasteiger partial charge in [0.05, 0.1) is 23.7 Å². The summed E-state index contributed by atoms with van der Waals surface area (Å²) in [7, 11) is -2.60. The molecule has 5 heteroatoms. The summed E-state index contributed by atoms with van der Waals surface area (Å²) < 4.78 is 30.7. The highest BCUT2D eigenvalue weighted by Crippen LogP contribution is 2.41. The predicted molar refractivity (Wildman–Crippen MR) is 175 cm³/mol. The third-order valence-electron chi connectivity index (χ3n) is 8.39. The van der Waals surface area contributed by atoms with Gasteiger partial charge in [0, 0.05) is 34.6 Å². The number of hydrogen-bond acceptors (Lipinski definition) is 4. The van der Waals surface area contributed by atoms with Gasteiger partial charge in [0.2, 0.25) is 0 Å². The molecule has 202 valence electrons. The number of para-hydroxylation sites is 2. The lowest BCUT2D eigenvalue weighted by Crippen LogP contribution is -2.72. The van der Waals surface area contributed by atoms with Crippen LogP contribution < -0.4 is 35.3 Å². The maximum Gasteiger partial charge on any atom is 0.182 e. The van der Waals surface area contributed by atoms with Gasteiger partial charge in [0.25, 0.3) is 0 Å². The van der Waals surface area contributed by atoms with Gasteiger partial charge in [-0.25, -0.2) is 0 Å². The van der Waals surface area contributed by atoms with E-state index in [4.69, 9.17) is 13.8 Å². The van der Waals surface area contributed by atoms with Crippen LogP contribution in [0.1, 0.15) is 4.11 Å². The molecule has 4 nitrogen and oxygen atoms in total. The van der Waals surface area contributed by atoms with Crippen LogP contribution >= 0.6 is 0 Å². The molecule has 2 aliphatic rings. The first-order valence-corrected chi connectivity index (χ1v) is 16.1. The van der Waals surface area contributed by atoms with Crippen molar-refractivity contribution in [2.45, 2.75) is 0 Å². The molecule has 2 aliphatic heterocycles. The second-order valence-electron chi connectivity index (χ2n) is 10.7. The first-order valence-electron chi connectivity index (χ1n) is 15.6. The van der Waals surface area contributed by atoms with Crippen molar-refractivity contribution in [2.75, 3.05) is 23.4 Å². The van der Waals surface area contributed by atoms with Gasteiger partial charge in [-0.1, -0.05) is 91.0 Å². The highest BCUT2D eigenvalue weighted by atomic mass is 28.3. The van der Waals surface area contributed by atoms with Crippen LogP contribution in [0.5, 0.6) is 11.5 Å². The zero-order valence-electron chi connectivity index (χ0n) is 25.8. The Morgan fingerprint density at radius 2 is 1.38 bits per heavy atom. The Kier molecular flexibility index (Phi) is 5.01. The van der Waals surface area contributed by atoms with Gasteiger partial charge in [0.1, 0.15) is 11.5 Å². The topological polar surface area (TPSA) is 28.6 Å². The fraction of sp³-hybridized carbons (Fsp3) is 0.0541. The highest BCUT2D eigenvalue weighted by molar-refractivity contribution is 7.22. The zero-order valence-corrected chi connectivity index (χ0v) is 23.8. The van der Waals surface area contributed by atoms with E-state index in [9.17, 15) is 0 Å². The Balaban J connectivity index is 1.20. The van der Waals surface area contributed by atoms with Gasteiger partial charge in [-0.2, -0.15) is 0 Å². The van der Waals surface area contributed by atoms with Crippen molar-refractivity contribution in [3.05, 3.63) is 146 Å². The van der Waals surface area contributed by atoms with E-state index in [-0.39, 0.29) is 6.67 Å². The van der Waals surface area contributed by atoms with Crippen molar-refractivity contribution in [3.8, 4) is 22.8 Å². The molecule has 0 N–H and O–H groups in total. The van der Waals surface area contributed by atoms with Crippen molar-refractivity contribution >= 4 is 45.9 Å². The average Bonchev–Trinajstić information content (AvgIpc) is 3.61. The maximum absolute atomic E-state index is 8.06.